The van der Waals surface area contributed by atoms with Crippen molar-refractivity contribution in [3.63, 3.8) is 0 Å². The first kappa shape index (κ1) is 9.18. The zero-order chi connectivity index (χ0) is 8.06. The number of hydrogen-bond acceptors (Lipinski definition) is 3. The molecule has 0 saturated carbocycles. The van der Waals surface area contributed by atoms with Gasteiger partial charge in [0.1, 0.15) is 0 Å². The highest BCUT2D eigenvalue weighted by Gasteiger charge is 2.20. The lowest BCUT2D eigenvalue weighted by atomic mass is 9.94. The predicted molar refractivity (Wildman–Crippen MR) is 44.1 cm³/mol. The second kappa shape index (κ2) is 2.55. The van der Waals surface area contributed by atoms with E-state index in [9.17, 15) is 8.42 Å². The fraction of sp³-hybridized carbons (Fsp3) is 0.143. The average Bonchev–Trinajstić information content (AvgIpc) is 1.84. The summed E-state index contributed by atoms with van der Waals surface area (Å²) >= 11 is 0. The molecule has 0 atom stereocenters. The average molecular weight is 187 g/mol. The van der Waals surface area contributed by atoms with Crippen molar-refractivity contribution < 1.29 is 13.0 Å². The summed E-state index contributed by atoms with van der Waals surface area (Å²) in [6.45, 7) is 0. The van der Waals surface area contributed by atoms with E-state index in [0.717, 1.165) is 5.56 Å². The molecule has 4 nitrogen and oxygen atoms in total. The third-order valence-corrected chi connectivity index (χ3v) is 2.75. The molecule has 1 aromatic rings. The van der Waals surface area contributed by atoms with Gasteiger partial charge in [-0.2, -0.15) is 8.42 Å². The van der Waals surface area contributed by atoms with Crippen molar-refractivity contribution in [3.8, 4) is 0 Å². The summed E-state index contributed by atoms with van der Waals surface area (Å²) in [4.78, 5) is 0.0486. The minimum absolute atomic E-state index is 0. The van der Waals surface area contributed by atoms with Gasteiger partial charge in [-0.15, -0.1) is 0 Å². The van der Waals surface area contributed by atoms with Crippen LogP contribution in [0.25, 0.3) is 0 Å². The second-order valence-corrected chi connectivity index (χ2v) is 3.98. The van der Waals surface area contributed by atoms with Gasteiger partial charge in [-0.25, -0.2) is 0 Å². The molecule has 66 valence electrons. The third-order valence-electron chi connectivity index (χ3n) is 1.80. The lowest BCUT2D eigenvalue weighted by Gasteiger charge is -2.16. The highest BCUT2D eigenvalue weighted by molar-refractivity contribution is 7.85. The number of benzene rings is 1. The van der Waals surface area contributed by atoms with Gasteiger partial charge in [-0.3, -0.25) is 4.55 Å². The molecule has 0 fully saturated rings. The predicted octanol–water partition coefficient (Wildman–Crippen LogP) is 1.000. The summed E-state index contributed by atoms with van der Waals surface area (Å²) in [5.74, 6) is 0. The van der Waals surface area contributed by atoms with E-state index in [1.165, 1.54) is 6.07 Å². The van der Waals surface area contributed by atoms with Crippen LogP contribution in [-0.4, -0.2) is 13.0 Å². The lowest BCUT2D eigenvalue weighted by Crippen LogP contribution is -2.10. The molecular weight excluding hydrogens is 178 g/mol. The van der Waals surface area contributed by atoms with Crippen LogP contribution in [0.2, 0.25) is 0 Å². The largest absolute Gasteiger partial charge is 0.344 e. The van der Waals surface area contributed by atoms with Crippen molar-refractivity contribution in [1.29, 1.82) is 0 Å². The highest BCUT2D eigenvalue weighted by atomic mass is 32.2. The van der Waals surface area contributed by atoms with Crippen LogP contribution in [0.15, 0.2) is 23.1 Å². The molecule has 0 spiro atoms. The third kappa shape index (κ3) is 1.22. The van der Waals surface area contributed by atoms with Crippen LogP contribution in [0.4, 0.5) is 0 Å². The molecule has 2 aliphatic carbocycles. The van der Waals surface area contributed by atoms with Gasteiger partial charge in [0.2, 0.25) is 0 Å². The van der Waals surface area contributed by atoms with E-state index >= 15 is 0 Å². The van der Waals surface area contributed by atoms with E-state index in [1.54, 1.807) is 12.1 Å². The van der Waals surface area contributed by atoms with Crippen molar-refractivity contribution in [2.75, 3.05) is 0 Å². The van der Waals surface area contributed by atoms with Gasteiger partial charge in [-0.1, -0.05) is 12.1 Å². The van der Waals surface area contributed by atoms with Gasteiger partial charge in [0, 0.05) is 0 Å². The van der Waals surface area contributed by atoms with E-state index in [2.05, 4.69) is 0 Å². The Hall–Kier alpha value is -0.910. The van der Waals surface area contributed by atoms with Crippen molar-refractivity contribution in [1.82, 2.24) is 6.15 Å². The van der Waals surface area contributed by atoms with Crippen molar-refractivity contribution in [2.45, 2.75) is 11.3 Å². The van der Waals surface area contributed by atoms with Gasteiger partial charge >= 0.3 is 0 Å². The standard InChI is InChI=1S/C7H6O3S.H3N/c8-11(9,10)7-2-1-5-3-6(7)4-5;/h1-3H,4H2,(H,8,9,10);1H3. The van der Waals surface area contributed by atoms with Gasteiger partial charge in [-0.05, 0) is 23.6 Å². The number of hydrogen-bond donors (Lipinski definition) is 2. The Balaban J connectivity index is 0.000000720. The summed E-state index contributed by atoms with van der Waals surface area (Å²) in [6.07, 6.45) is 0.672. The smallest absolute Gasteiger partial charge is 0.294 e. The van der Waals surface area contributed by atoms with Gasteiger partial charge in [0.15, 0.2) is 0 Å². The first-order valence-electron chi connectivity index (χ1n) is 3.17. The maximum Gasteiger partial charge on any atom is 0.294 e. The number of rotatable bonds is 1. The molecule has 0 aromatic heterocycles. The van der Waals surface area contributed by atoms with Crippen molar-refractivity contribution >= 4 is 10.1 Å². The van der Waals surface area contributed by atoms with Gasteiger partial charge < -0.3 is 6.15 Å². The molecule has 4 N–H and O–H groups in total. The van der Waals surface area contributed by atoms with Crippen LogP contribution in [-0.2, 0) is 16.5 Å². The molecule has 5 heteroatoms. The minimum atomic E-state index is -3.99. The Morgan fingerprint density at radius 1 is 1.33 bits per heavy atom. The molecule has 1 aromatic carbocycles. The Bertz CT molecular complexity index is 407. The van der Waals surface area contributed by atoms with Crippen LogP contribution in [0.5, 0.6) is 0 Å². The molecule has 3 rings (SSSR count). The molecule has 0 unspecified atom stereocenters. The molecular formula is C7H9NO3S. The maximum absolute atomic E-state index is 10.6. The topological polar surface area (TPSA) is 89.4 Å². The Labute approximate surface area is 70.6 Å². The molecule has 2 bridgehead atoms. The molecule has 0 amide bonds. The summed E-state index contributed by atoms with van der Waals surface area (Å²) in [5, 5.41) is 0. The second-order valence-electron chi connectivity index (χ2n) is 2.59. The van der Waals surface area contributed by atoms with Crippen LogP contribution < -0.4 is 6.15 Å². The zero-order valence-corrected chi connectivity index (χ0v) is 7.13. The minimum Gasteiger partial charge on any atom is -0.344 e. The van der Waals surface area contributed by atoms with E-state index in [0.29, 0.717) is 12.0 Å². The van der Waals surface area contributed by atoms with Crippen LogP contribution in [0, 0.1) is 0 Å². The fourth-order valence-electron chi connectivity index (χ4n) is 1.22. The molecule has 0 aliphatic heterocycles. The summed E-state index contributed by atoms with van der Waals surface area (Å²) in [7, 11) is -3.99. The van der Waals surface area contributed by atoms with Crippen LogP contribution in [0.1, 0.15) is 11.1 Å². The molecule has 12 heavy (non-hydrogen) atoms. The van der Waals surface area contributed by atoms with Crippen LogP contribution in [0.3, 0.4) is 0 Å². The highest BCUT2D eigenvalue weighted by Crippen LogP contribution is 2.27. The zero-order valence-electron chi connectivity index (χ0n) is 6.32. The normalized spacial score (nSPS) is 13.1. The van der Waals surface area contributed by atoms with Gasteiger partial charge in [0.25, 0.3) is 10.1 Å². The van der Waals surface area contributed by atoms with E-state index in [4.69, 9.17) is 4.55 Å². The van der Waals surface area contributed by atoms with Crippen molar-refractivity contribution in [3.05, 3.63) is 29.3 Å². The quantitative estimate of drug-likeness (QED) is 0.652. The molecule has 0 heterocycles. The molecule has 0 saturated heterocycles. The summed E-state index contributed by atoms with van der Waals surface area (Å²) in [6, 6.07) is 4.91. The Morgan fingerprint density at radius 2 is 1.92 bits per heavy atom. The van der Waals surface area contributed by atoms with E-state index in [-0.39, 0.29) is 11.0 Å². The number of fused-ring (bicyclic) bond motifs is 2. The fourth-order valence-corrected chi connectivity index (χ4v) is 1.92. The SMILES string of the molecule is N.O=S(=O)(O)c1ccc2cc1C2. The molecule has 2 aliphatic rings. The van der Waals surface area contributed by atoms with Gasteiger partial charge in [0.05, 0.1) is 4.90 Å². The Kier molecular flexibility index (Phi) is 1.95. The first-order chi connectivity index (χ1) is 5.07. The molecule has 0 radical (unpaired) electrons. The monoisotopic (exact) mass is 187 g/mol. The Morgan fingerprint density at radius 3 is 2.17 bits per heavy atom. The summed E-state index contributed by atoms with van der Waals surface area (Å²) in [5.41, 5.74) is 1.83. The first-order valence-corrected chi connectivity index (χ1v) is 4.61. The summed E-state index contributed by atoms with van der Waals surface area (Å²) < 4.78 is 29.9. The van der Waals surface area contributed by atoms with E-state index < -0.39 is 10.1 Å². The van der Waals surface area contributed by atoms with Crippen molar-refractivity contribution in [2.24, 2.45) is 0 Å². The van der Waals surface area contributed by atoms with Crippen LogP contribution >= 0.6 is 0 Å². The lowest BCUT2D eigenvalue weighted by molar-refractivity contribution is 0.481. The van der Waals surface area contributed by atoms with E-state index in [1.807, 2.05) is 0 Å². The maximum atomic E-state index is 10.6.